The van der Waals surface area contributed by atoms with Crippen LogP contribution in [-0.4, -0.2) is 41.3 Å². The zero-order valence-corrected chi connectivity index (χ0v) is 11.0. The van der Waals surface area contributed by atoms with Crippen molar-refractivity contribution in [1.29, 1.82) is 0 Å². The first-order valence-corrected chi connectivity index (χ1v) is 6.80. The van der Waals surface area contributed by atoms with Gasteiger partial charge in [0.05, 0.1) is 18.8 Å². The summed E-state index contributed by atoms with van der Waals surface area (Å²) in [5.74, 6) is 0. The summed E-state index contributed by atoms with van der Waals surface area (Å²) in [5.41, 5.74) is 2.40. The van der Waals surface area contributed by atoms with Crippen LogP contribution < -0.4 is 0 Å². The molecule has 1 aliphatic heterocycles. The van der Waals surface area contributed by atoms with Gasteiger partial charge < -0.3 is 9.84 Å². The predicted octanol–water partition coefficient (Wildman–Crippen LogP) is 1.75. The van der Waals surface area contributed by atoms with E-state index in [1.165, 1.54) is 5.56 Å². The third-order valence-corrected chi connectivity index (χ3v) is 4.25. The van der Waals surface area contributed by atoms with Crippen LogP contribution in [0.3, 0.4) is 0 Å². The molecule has 0 saturated carbocycles. The summed E-state index contributed by atoms with van der Waals surface area (Å²) in [6.45, 7) is 5.96. The highest BCUT2D eigenvalue weighted by Gasteiger charge is 2.38. The molecule has 1 aromatic rings. The highest BCUT2D eigenvalue weighted by atomic mass is 16.5. The highest BCUT2D eigenvalue weighted by molar-refractivity contribution is 5.36. The Labute approximate surface area is 108 Å². The maximum Gasteiger partial charge on any atom is 0.0951 e. The number of hydrogen-bond donors (Lipinski definition) is 1. The number of benzene rings is 1. The smallest absolute Gasteiger partial charge is 0.0951 e. The number of morpholine rings is 1. The number of hydrogen-bond acceptors (Lipinski definition) is 3. The molecule has 0 bridgehead atoms. The second-order valence-corrected chi connectivity index (χ2v) is 5.60. The van der Waals surface area contributed by atoms with Crippen LogP contribution in [0.2, 0.25) is 0 Å². The summed E-state index contributed by atoms with van der Waals surface area (Å²) in [6.07, 6.45) is 0.861. The second-order valence-electron chi connectivity index (χ2n) is 5.60. The van der Waals surface area contributed by atoms with Gasteiger partial charge in [-0.25, -0.2) is 0 Å². The summed E-state index contributed by atoms with van der Waals surface area (Å²) >= 11 is 0. The Hall–Kier alpha value is -0.900. The number of aliphatic hydroxyl groups is 1. The van der Waals surface area contributed by atoms with Crippen LogP contribution in [0.1, 0.15) is 31.1 Å². The quantitative estimate of drug-likeness (QED) is 0.820. The molecular formula is C15H21NO2. The Morgan fingerprint density at radius 3 is 2.83 bits per heavy atom. The van der Waals surface area contributed by atoms with E-state index in [1.807, 2.05) is 6.07 Å². The fourth-order valence-electron chi connectivity index (χ4n) is 3.24. The van der Waals surface area contributed by atoms with Crippen LogP contribution in [0.15, 0.2) is 24.3 Å². The van der Waals surface area contributed by atoms with Crippen molar-refractivity contribution in [2.24, 2.45) is 0 Å². The summed E-state index contributed by atoms with van der Waals surface area (Å²) in [6, 6.07) is 8.84. The van der Waals surface area contributed by atoms with Crippen molar-refractivity contribution in [3.63, 3.8) is 0 Å². The van der Waals surface area contributed by atoms with E-state index in [0.29, 0.717) is 6.04 Å². The Morgan fingerprint density at radius 2 is 2.06 bits per heavy atom. The Bertz CT molecular complexity index is 434. The van der Waals surface area contributed by atoms with Crippen LogP contribution in [0, 0.1) is 0 Å². The largest absolute Gasteiger partial charge is 0.387 e. The lowest BCUT2D eigenvalue weighted by molar-refractivity contribution is -0.0839. The minimum absolute atomic E-state index is 0.212. The second kappa shape index (κ2) is 4.65. The van der Waals surface area contributed by atoms with E-state index in [1.54, 1.807) is 0 Å². The SMILES string of the molecule is CC1CN(C2Cc3ccccc3C2O)C(C)CO1. The van der Waals surface area contributed by atoms with Gasteiger partial charge in [-0.3, -0.25) is 4.90 Å². The van der Waals surface area contributed by atoms with E-state index in [2.05, 4.69) is 36.9 Å². The molecule has 3 nitrogen and oxygen atoms in total. The van der Waals surface area contributed by atoms with Gasteiger partial charge in [0.25, 0.3) is 0 Å². The fourth-order valence-corrected chi connectivity index (χ4v) is 3.24. The van der Waals surface area contributed by atoms with Gasteiger partial charge in [0.2, 0.25) is 0 Å². The average molecular weight is 247 g/mol. The number of fused-ring (bicyclic) bond motifs is 1. The van der Waals surface area contributed by atoms with Crippen LogP contribution in [0.25, 0.3) is 0 Å². The Kier molecular flexibility index (Phi) is 3.14. The topological polar surface area (TPSA) is 32.7 Å². The maximum absolute atomic E-state index is 10.5. The summed E-state index contributed by atoms with van der Waals surface area (Å²) < 4.78 is 5.67. The fraction of sp³-hybridized carbons (Fsp3) is 0.600. The Balaban J connectivity index is 1.83. The normalized spacial score (nSPS) is 36.6. The number of ether oxygens (including phenoxy) is 1. The first-order valence-electron chi connectivity index (χ1n) is 6.80. The molecule has 18 heavy (non-hydrogen) atoms. The van der Waals surface area contributed by atoms with E-state index in [9.17, 15) is 5.11 Å². The molecule has 0 spiro atoms. The van der Waals surface area contributed by atoms with Crippen molar-refractivity contribution in [3.8, 4) is 0 Å². The molecule has 3 rings (SSSR count). The molecule has 98 valence electrons. The third-order valence-electron chi connectivity index (χ3n) is 4.25. The molecule has 1 heterocycles. The lowest BCUT2D eigenvalue weighted by Gasteiger charge is -2.41. The van der Waals surface area contributed by atoms with Gasteiger partial charge in [-0.1, -0.05) is 24.3 Å². The zero-order chi connectivity index (χ0) is 12.7. The van der Waals surface area contributed by atoms with Crippen molar-refractivity contribution in [2.45, 2.75) is 44.6 Å². The maximum atomic E-state index is 10.5. The third kappa shape index (κ3) is 1.96. The van der Waals surface area contributed by atoms with Gasteiger partial charge >= 0.3 is 0 Å². The minimum Gasteiger partial charge on any atom is -0.387 e. The van der Waals surface area contributed by atoms with Crippen molar-refractivity contribution in [2.75, 3.05) is 13.2 Å². The van der Waals surface area contributed by atoms with Crippen LogP contribution >= 0.6 is 0 Å². The van der Waals surface area contributed by atoms with Crippen molar-refractivity contribution in [3.05, 3.63) is 35.4 Å². The van der Waals surface area contributed by atoms with E-state index in [0.717, 1.165) is 25.1 Å². The molecular weight excluding hydrogens is 226 g/mol. The standard InChI is InChI=1S/C15H21NO2/c1-10-9-18-11(2)8-16(10)14-7-12-5-3-4-6-13(12)15(14)17/h3-6,10-11,14-15,17H,7-9H2,1-2H3. The Morgan fingerprint density at radius 1 is 1.28 bits per heavy atom. The van der Waals surface area contributed by atoms with Gasteiger partial charge in [0.1, 0.15) is 0 Å². The molecule has 4 unspecified atom stereocenters. The van der Waals surface area contributed by atoms with Crippen LogP contribution in [-0.2, 0) is 11.2 Å². The van der Waals surface area contributed by atoms with Gasteiger partial charge in [0, 0.05) is 18.6 Å². The number of aliphatic hydroxyl groups excluding tert-OH is 1. The molecule has 0 amide bonds. The van der Waals surface area contributed by atoms with Gasteiger partial charge in [0.15, 0.2) is 0 Å². The van der Waals surface area contributed by atoms with E-state index in [-0.39, 0.29) is 18.2 Å². The molecule has 1 fully saturated rings. The van der Waals surface area contributed by atoms with E-state index >= 15 is 0 Å². The van der Waals surface area contributed by atoms with Crippen molar-refractivity contribution >= 4 is 0 Å². The number of rotatable bonds is 1. The molecule has 0 aromatic heterocycles. The minimum atomic E-state index is -0.353. The van der Waals surface area contributed by atoms with Gasteiger partial charge in [-0.2, -0.15) is 0 Å². The summed E-state index contributed by atoms with van der Waals surface area (Å²) in [4.78, 5) is 2.42. The monoisotopic (exact) mass is 247 g/mol. The molecule has 1 N–H and O–H groups in total. The molecule has 0 radical (unpaired) electrons. The average Bonchev–Trinajstić information content (AvgIpc) is 2.71. The van der Waals surface area contributed by atoms with Crippen molar-refractivity contribution in [1.82, 2.24) is 4.90 Å². The first-order chi connectivity index (χ1) is 8.66. The van der Waals surface area contributed by atoms with Crippen LogP contribution in [0.4, 0.5) is 0 Å². The lowest BCUT2D eigenvalue weighted by Crippen LogP contribution is -2.53. The molecule has 1 aliphatic carbocycles. The molecule has 4 atom stereocenters. The summed E-state index contributed by atoms with van der Waals surface area (Å²) in [7, 11) is 0. The van der Waals surface area contributed by atoms with Gasteiger partial charge in [-0.15, -0.1) is 0 Å². The van der Waals surface area contributed by atoms with Crippen molar-refractivity contribution < 1.29 is 9.84 Å². The lowest BCUT2D eigenvalue weighted by atomic mass is 10.1. The zero-order valence-electron chi connectivity index (χ0n) is 11.0. The van der Waals surface area contributed by atoms with Gasteiger partial charge in [-0.05, 0) is 31.4 Å². The molecule has 2 aliphatic rings. The van der Waals surface area contributed by atoms with Crippen LogP contribution in [0.5, 0.6) is 0 Å². The van der Waals surface area contributed by atoms with E-state index in [4.69, 9.17) is 4.74 Å². The molecule has 1 aromatic carbocycles. The molecule has 3 heteroatoms. The predicted molar refractivity (Wildman–Crippen MR) is 70.5 cm³/mol. The molecule has 1 saturated heterocycles. The highest BCUT2D eigenvalue weighted by Crippen LogP contribution is 2.36. The number of nitrogens with zero attached hydrogens (tertiary/aromatic N) is 1. The van der Waals surface area contributed by atoms with E-state index < -0.39 is 0 Å². The first kappa shape index (κ1) is 12.2. The summed E-state index contributed by atoms with van der Waals surface area (Å²) in [5, 5.41) is 10.5.